The summed E-state index contributed by atoms with van der Waals surface area (Å²) in [6.45, 7) is 8.34. The average Bonchev–Trinajstić information content (AvgIpc) is 2.89. The van der Waals surface area contributed by atoms with E-state index in [1.807, 2.05) is 33.8 Å². The van der Waals surface area contributed by atoms with Crippen LogP contribution in [-0.4, -0.2) is 35.5 Å². The minimum Gasteiger partial charge on any atom is -0.444 e. The highest BCUT2D eigenvalue weighted by Crippen LogP contribution is 2.25. The van der Waals surface area contributed by atoms with E-state index >= 15 is 0 Å². The van der Waals surface area contributed by atoms with E-state index < -0.39 is 5.60 Å². The molecule has 2 rings (SSSR count). The maximum Gasteiger partial charge on any atom is 0.410 e. The van der Waals surface area contributed by atoms with Crippen molar-refractivity contribution < 1.29 is 14.3 Å². The van der Waals surface area contributed by atoms with E-state index in [0.29, 0.717) is 30.1 Å². The van der Waals surface area contributed by atoms with Crippen LogP contribution in [0.15, 0.2) is 18.2 Å². The molecule has 1 saturated heterocycles. The van der Waals surface area contributed by atoms with E-state index in [1.54, 1.807) is 17.0 Å². The van der Waals surface area contributed by atoms with Gasteiger partial charge in [-0.05, 0) is 45.7 Å². The number of carbonyl (C=O) groups is 2. The third-order valence-electron chi connectivity index (χ3n) is 3.67. The Kier molecular flexibility index (Phi) is 4.81. The molecule has 1 aromatic carbocycles. The number of Topliss-reactive ketones (excluding diaryl/α,β-unsaturated/α-hetero) is 1. The van der Waals surface area contributed by atoms with Crippen molar-refractivity contribution in [2.75, 3.05) is 13.1 Å². The molecule has 1 aliphatic heterocycles. The zero-order chi connectivity index (χ0) is 16.5. The van der Waals surface area contributed by atoms with Gasteiger partial charge in [-0.1, -0.05) is 23.7 Å². The van der Waals surface area contributed by atoms with Crippen molar-refractivity contribution in [2.45, 2.75) is 39.7 Å². The summed E-state index contributed by atoms with van der Waals surface area (Å²) in [6.07, 6.45) is 0.300. The van der Waals surface area contributed by atoms with Crippen LogP contribution in [0.25, 0.3) is 0 Å². The maximum atomic E-state index is 12.5. The molecule has 1 fully saturated rings. The molecule has 0 radical (unpaired) electrons. The number of rotatable bonds is 2. The van der Waals surface area contributed by atoms with Crippen molar-refractivity contribution in [3.8, 4) is 0 Å². The van der Waals surface area contributed by atoms with Crippen molar-refractivity contribution >= 4 is 23.5 Å². The van der Waals surface area contributed by atoms with E-state index in [9.17, 15) is 9.59 Å². The third kappa shape index (κ3) is 4.01. The second-order valence-corrected chi connectivity index (χ2v) is 7.15. The van der Waals surface area contributed by atoms with Gasteiger partial charge in [-0.3, -0.25) is 4.79 Å². The van der Waals surface area contributed by atoms with Crippen LogP contribution in [0, 0.1) is 12.8 Å². The molecular formula is C17H22ClNO3. The molecular weight excluding hydrogens is 302 g/mol. The van der Waals surface area contributed by atoms with Crippen molar-refractivity contribution in [1.29, 1.82) is 0 Å². The minimum absolute atomic E-state index is 0.0351. The molecule has 0 saturated carbocycles. The Hall–Kier alpha value is -1.55. The molecule has 22 heavy (non-hydrogen) atoms. The van der Waals surface area contributed by atoms with Gasteiger partial charge < -0.3 is 9.64 Å². The number of aryl methyl sites for hydroxylation is 1. The first-order valence-electron chi connectivity index (χ1n) is 7.45. The average molecular weight is 324 g/mol. The number of hydrogen-bond donors (Lipinski definition) is 0. The fraction of sp³-hybridized carbons (Fsp3) is 0.529. The molecule has 1 aliphatic rings. The first kappa shape index (κ1) is 16.8. The zero-order valence-corrected chi connectivity index (χ0v) is 14.2. The molecule has 1 atom stereocenters. The van der Waals surface area contributed by atoms with Crippen LogP contribution in [-0.2, 0) is 4.74 Å². The number of halogens is 1. The fourth-order valence-corrected chi connectivity index (χ4v) is 2.63. The standard InChI is InChI=1S/C17H22ClNO3/c1-11-5-6-12(9-14(11)18)15(20)13-7-8-19(10-13)16(21)22-17(2,3)4/h5-6,9,13H,7-8,10H2,1-4H3. The third-order valence-corrected chi connectivity index (χ3v) is 4.07. The molecule has 0 aromatic heterocycles. The second kappa shape index (κ2) is 6.29. The Morgan fingerprint density at radius 3 is 2.59 bits per heavy atom. The fourth-order valence-electron chi connectivity index (χ4n) is 2.45. The summed E-state index contributed by atoms with van der Waals surface area (Å²) in [5, 5.41) is 0.591. The van der Waals surface area contributed by atoms with Gasteiger partial charge in [-0.25, -0.2) is 4.79 Å². The number of hydrogen-bond acceptors (Lipinski definition) is 3. The van der Waals surface area contributed by atoms with Gasteiger partial charge in [0.15, 0.2) is 5.78 Å². The number of likely N-dealkylation sites (tertiary alicyclic amines) is 1. The van der Waals surface area contributed by atoms with Gasteiger partial charge in [-0.15, -0.1) is 0 Å². The van der Waals surface area contributed by atoms with Gasteiger partial charge in [0.2, 0.25) is 0 Å². The van der Waals surface area contributed by atoms with Crippen LogP contribution in [0.5, 0.6) is 0 Å². The highest BCUT2D eigenvalue weighted by Gasteiger charge is 2.33. The van der Waals surface area contributed by atoms with Crippen LogP contribution in [0.2, 0.25) is 5.02 Å². The molecule has 1 aromatic rings. The lowest BCUT2D eigenvalue weighted by Crippen LogP contribution is -2.35. The van der Waals surface area contributed by atoms with Gasteiger partial charge in [-0.2, -0.15) is 0 Å². The molecule has 1 amide bonds. The lowest BCUT2D eigenvalue weighted by molar-refractivity contribution is 0.0289. The van der Waals surface area contributed by atoms with Gasteiger partial charge in [0.25, 0.3) is 0 Å². The Balaban J connectivity index is 2.02. The number of ether oxygens (including phenoxy) is 1. The normalized spacial score (nSPS) is 18.4. The maximum absolute atomic E-state index is 12.5. The summed E-state index contributed by atoms with van der Waals surface area (Å²) in [5.74, 6) is -0.153. The molecule has 120 valence electrons. The van der Waals surface area contributed by atoms with Crippen molar-refractivity contribution in [2.24, 2.45) is 5.92 Å². The van der Waals surface area contributed by atoms with Gasteiger partial charge in [0.1, 0.15) is 5.60 Å². The SMILES string of the molecule is Cc1ccc(C(=O)C2CCN(C(=O)OC(C)(C)C)C2)cc1Cl. The predicted octanol–water partition coefficient (Wildman–Crippen LogP) is 4.09. The first-order chi connectivity index (χ1) is 10.2. The molecule has 0 aliphatic carbocycles. The molecule has 5 heteroatoms. The Morgan fingerprint density at radius 2 is 2.00 bits per heavy atom. The predicted molar refractivity (Wildman–Crippen MR) is 86.4 cm³/mol. The summed E-state index contributed by atoms with van der Waals surface area (Å²) < 4.78 is 5.34. The monoisotopic (exact) mass is 323 g/mol. The molecule has 0 bridgehead atoms. The Bertz CT molecular complexity index is 592. The summed E-state index contributed by atoms with van der Waals surface area (Å²) in [5.41, 5.74) is 1.02. The summed E-state index contributed by atoms with van der Waals surface area (Å²) >= 11 is 6.08. The smallest absolute Gasteiger partial charge is 0.410 e. The topological polar surface area (TPSA) is 46.6 Å². The Morgan fingerprint density at radius 1 is 1.32 bits per heavy atom. The highest BCUT2D eigenvalue weighted by molar-refractivity contribution is 6.31. The van der Waals surface area contributed by atoms with Gasteiger partial charge in [0, 0.05) is 29.6 Å². The number of ketones is 1. The quantitative estimate of drug-likeness (QED) is 0.770. The largest absolute Gasteiger partial charge is 0.444 e. The second-order valence-electron chi connectivity index (χ2n) is 6.74. The molecule has 1 heterocycles. The minimum atomic E-state index is -0.524. The molecule has 1 unspecified atom stereocenters. The van der Waals surface area contributed by atoms with Gasteiger partial charge >= 0.3 is 6.09 Å². The highest BCUT2D eigenvalue weighted by atomic mass is 35.5. The summed E-state index contributed by atoms with van der Waals surface area (Å²) in [4.78, 5) is 26.2. The van der Waals surface area contributed by atoms with Crippen LogP contribution in [0.3, 0.4) is 0 Å². The lowest BCUT2D eigenvalue weighted by atomic mass is 9.96. The van der Waals surface area contributed by atoms with Gasteiger partial charge in [0.05, 0.1) is 0 Å². The summed E-state index contributed by atoms with van der Waals surface area (Å²) in [6, 6.07) is 5.34. The zero-order valence-electron chi connectivity index (χ0n) is 13.5. The van der Waals surface area contributed by atoms with E-state index in [1.165, 1.54) is 0 Å². The van der Waals surface area contributed by atoms with E-state index in [4.69, 9.17) is 16.3 Å². The lowest BCUT2D eigenvalue weighted by Gasteiger charge is -2.24. The number of carbonyl (C=O) groups excluding carboxylic acids is 2. The van der Waals surface area contributed by atoms with Crippen molar-refractivity contribution in [1.82, 2.24) is 4.90 Å². The van der Waals surface area contributed by atoms with E-state index in [2.05, 4.69) is 0 Å². The van der Waals surface area contributed by atoms with Crippen LogP contribution >= 0.6 is 11.6 Å². The van der Waals surface area contributed by atoms with Crippen LogP contribution < -0.4 is 0 Å². The van der Waals surface area contributed by atoms with E-state index in [0.717, 1.165) is 5.56 Å². The van der Waals surface area contributed by atoms with E-state index in [-0.39, 0.29) is 17.8 Å². The summed E-state index contributed by atoms with van der Waals surface area (Å²) in [7, 11) is 0. The van der Waals surface area contributed by atoms with Crippen LogP contribution in [0.4, 0.5) is 4.79 Å². The first-order valence-corrected chi connectivity index (χ1v) is 7.83. The molecule has 0 N–H and O–H groups in total. The molecule has 4 nitrogen and oxygen atoms in total. The van der Waals surface area contributed by atoms with Crippen molar-refractivity contribution in [3.63, 3.8) is 0 Å². The molecule has 0 spiro atoms. The van der Waals surface area contributed by atoms with Crippen molar-refractivity contribution in [3.05, 3.63) is 34.3 Å². The van der Waals surface area contributed by atoms with Crippen LogP contribution in [0.1, 0.15) is 43.1 Å². The number of amides is 1. The Labute approximate surface area is 136 Å². The number of benzene rings is 1. The number of nitrogens with zero attached hydrogens (tertiary/aromatic N) is 1.